The molecule has 1 aliphatic carbocycles. The van der Waals surface area contributed by atoms with Crippen molar-refractivity contribution >= 4 is 0 Å². The van der Waals surface area contributed by atoms with Crippen LogP contribution in [-0.4, -0.2) is 36.6 Å². The number of nitrogens with zero attached hydrogens (tertiary/aromatic N) is 1. The minimum Gasteiger partial charge on any atom is -0.314 e. The Bertz CT molecular complexity index is 197. The third-order valence-electron chi connectivity index (χ3n) is 4.49. The Morgan fingerprint density at radius 3 is 2.33 bits per heavy atom. The van der Waals surface area contributed by atoms with E-state index in [0.717, 1.165) is 18.0 Å². The maximum Gasteiger partial charge on any atom is 0.00682 e. The fourth-order valence-corrected chi connectivity index (χ4v) is 2.67. The largest absolute Gasteiger partial charge is 0.314 e. The summed E-state index contributed by atoms with van der Waals surface area (Å²) in [4.78, 5) is 2.68. The van der Waals surface area contributed by atoms with E-state index in [1.54, 1.807) is 0 Å². The molecule has 1 fully saturated rings. The zero-order valence-electron chi connectivity index (χ0n) is 13.0. The lowest BCUT2D eigenvalue weighted by Crippen LogP contribution is -2.37. The fourth-order valence-electron chi connectivity index (χ4n) is 2.67. The van der Waals surface area contributed by atoms with Crippen molar-refractivity contribution in [3.05, 3.63) is 0 Å². The molecule has 0 aromatic heterocycles. The summed E-state index contributed by atoms with van der Waals surface area (Å²) in [6, 6.07) is 1.61. The van der Waals surface area contributed by atoms with Gasteiger partial charge in [-0.15, -0.1) is 0 Å². The molecule has 1 N–H and O–H groups in total. The molecule has 1 rings (SSSR count). The van der Waals surface area contributed by atoms with Crippen molar-refractivity contribution in [1.82, 2.24) is 10.2 Å². The second-order valence-corrected chi connectivity index (χ2v) is 5.99. The monoisotopic (exact) mass is 254 g/mol. The van der Waals surface area contributed by atoms with Gasteiger partial charge in [0, 0.05) is 18.6 Å². The fraction of sp³-hybridized carbons (Fsp3) is 1.00. The molecule has 1 aliphatic rings. The molecule has 0 saturated heterocycles. The van der Waals surface area contributed by atoms with Crippen molar-refractivity contribution < 1.29 is 0 Å². The van der Waals surface area contributed by atoms with E-state index >= 15 is 0 Å². The summed E-state index contributed by atoms with van der Waals surface area (Å²) in [6.07, 6.45) is 8.13. The summed E-state index contributed by atoms with van der Waals surface area (Å²) < 4.78 is 0. The molecule has 0 aromatic carbocycles. The van der Waals surface area contributed by atoms with Gasteiger partial charge in [0.05, 0.1) is 0 Å². The van der Waals surface area contributed by atoms with Crippen LogP contribution < -0.4 is 5.32 Å². The SMILES string of the molecule is CCC(CC)CN(CC)C(C)CCCNC1CC1. The van der Waals surface area contributed by atoms with Gasteiger partial charge >= 0.3 is 0 Å². The maximum absolute atomic E-state index is 3.61. The molecule has 0 bridgehead atoms. The lowest BCUT2D eigenvalue weighted by atomic mass is 10.0. The first kappa shape index (κ1) is 16.0. The van der Waals surface area contributed by atoms with Gasteiger partial charge in [-0.05, 0) is 51.6 Å². The van der Waals surface area contributed by atoms with Crippen molar-refractivity contribution in [3.63, 3.8) is 0 Å². The predicted octanol–water partition coefficient (Wildman–Crippen LogP) is 3.67. The Hall–Kier alpha value is -0.0800. The van der Waals surface area contributed by atoms with E-state index in [1.165, 1.54) is 58.2 Å². The molecule has 0 amide bonds. The smallest absolute Gasteiger partial charge is 0.00682 e. The molecule has 0 radical (unpaired) electrons. The van der Waals surface area contributed by atoms with E-state index < -0.39 is 0 Å². The van der Waals surface area contributed by atoms with Crippen molar-refractivity contribution in [1.29, 1.82) is 0 Å². The van der Waals surface area contributed by atoms with Crippen LogP contribution in [0.2, 0.25) is 0 Å². The Morgan fingerprint density at radius 1 is 1.17 bits per heavy atom. The molecular formula is C16H34N2. The standard InChI is InChI=1S/C16H34N2/c1-5-15(6-2)13-18(7-3)14(4)9-8-12-17-16-10-11-16/h14-17H,5-13H2,1-4H3. The Balaban J connectivity index is 2.15. The summed E-state index contributed by atoms with van der Waals surface area (Å²) >= 11 is 0. The summed E-state index contributed by atoms with van der Waals surface area (Å²) in [6.45, 7) is 13.1. The van der Waals surface area contributed by atoms with Crippen LogP contribution in [0.4, 0.5) is 0 Å². The Morgan fingerprint density at radius 2 is 1.83 bits per heavy atom. The highest BCUT2D eigenvalue weighted by atomic mass is 15.1. The van der Waals surface area contributed by atoms with Crippen LogP contribution >= 0.6 is 0 Å². The minimum absolute atomic E-state index is 0.747. The molecule has 0 aliphatic heterocycles. The first-order chi connectivity index (χ1) is 8.71. The quantitative estimate of drug-likeness (QED) is 0.566. The Labute approximate surface area is 115 Å². The highest BCUT2D eigenvalue weighted by molar-refractivity contribution is 4.80. The lowest BCUT2D eigenvalue weighted by molar-refractivity contribution is 0.171. The van der Waals surface area contributed by atoms with Gasteiger partial charge in [0.15, 0.2) is 0 Å². The normalized spacial score (nSPS) is 17.7. The number of nitrogens with one attached hydrogen (secondary N) is 1. The van der Waals surface area contributed by atoms with Crippen molar-refractivity contribution in [2.75, 3.05) is 19.6 Å². The molecule has 0 aromatic rings. The highest BCUT2D eigenvalue weighted by Crippen LogP contribution is 2.19. The van der Waals surface area contributed by atoms with E-state index in [1.807, 2.05) is 0 Å². The summed E-state index contributed by atoms with van der Waals surface area (Å²) in [7, 11) is 0. The van der Waals surface area contributed by atoms with E-state index in [0.29, 0.717) is 0 Å². The van der Waals surface area contributed by atoms with E-state index in [2.05, 4.69) is 37.9 Å². The zero-order valence-corrected chi connectivity index (χ0v) is 13.0. The molecule has 18 heavy (non-hydrogen) atoms. The number of hydrogen-bond acceptors (Lipinski definition) is 2. The number of rotatable bonds is 11. The van der Waals surface area contributed by atoms with E-state index in [-0.39, 0.29) is 0 Å². The van der Waals surface area contributed by atoms with Gasteiger partial charge in [-0.3, -0.25) is 0 Å². The highest BCUT2D eigenvalue weighted by Gasteiger charge is 2.20. The van der Waals surface area contributed by atoms with Gasteiger partial charge in [-0.25, -0.2) is 0 Å². The summed E-state index contributed by atoms with van der Waals surface area (Å²) in [5.74, 6) is 0.886. The third kappa shape index (κ3) is 6.19. The van der Waals surface area contributed by atoms with Crippen molar-refractivity contribution in [2.24, 2.45) is 5.92 Å². The minimum atomic E-state index is 0.747. The van der Waals surface area contributed by atoms with Gasteiger partial charge < -0.3 is 10.2 Å². The summed E-state index contributed by atoms with van der Waals surface area (Å²) in [5, 5.41) is 3.61. The van der Waals surface area contributed by atoms with Crippen LogP contribution in [0.3, 0.4) is 0 Å². The third-order valence-corrected chi connectivity index (χ3v) is 4.49. The average Bonchev–Trinajstić information content (AvgIpc) is 3.20. The van der Waals surface area contributed by atoms with Crippen molar-refractivity contribution in [2.45, 2.75) is 78.3 Å². The topological polar surface area (TPSA) is 15.3 Å². The molecule has 0 spiro atoms. The molecule has 1 saturated carbocycles. The number of hydrogen-bond donors (Lipinski definition) is 1. The van der Waals surface area contributed by atoms with Gasteiger partial charge in [0.2, 0.25) is 0 Å². The van der Waals surface area contributed by atoms with Crippen LogP contribution in [0.1, 0.15) is 66.2 Å². The second kappa shape index (κ2) is 8.92. The van der Waals surface area contributed by atoms with Gasteiger partial charge in [-0.2, -0.15) is 0 Å². The van der Waals surface area contributed by atoms with Crippen LogP contribution in [-0.2, 0) is 0 Å². The predicted molar refractivity (Wildman–Crippen MR) is 81.0 cm³/mol. The van der Waals surface area contributed by atoms with E-state index in [9.17, 15) is 0 Å². The van der Waals surface area contributed by atoms with Gasteiger partial charge in [0.1, 0.15) is 0 Å². The molecule has 2 heteroatoms. The van der Waals surface area contributed by atoms with Crippen LogP contribution in [0.25, 0.3) is 0 Å². The molecule has 0 heterocycles. The maximum atomic E-state index is 3.61. The van der Waals surface area contributed by atoms with E-state index in [4.69, 9.17) is 0 Å². The van der Waals surface area contributed by atoms with Gasteiger partial charge in [-0.1, -0.05) is 33.6 Å². The van der Waals surface area contributed by atoms with Gasteiger partial charge in [0.25, 0.3) is 0 Å². The molecule has 108 valence electrons. The zero-order chi connectivity index (χ0) is 13.4. The summed E-state index contributed by atoms with van der Waals surface area (Å²) in [5.41, 5.74) is 0. The second-order valence-electron chi connectivity index (χ2n) is 5.99. The first-order valence-electron chi connectivity index (χ1n) is 8.18. The van der Waals surface area contributed by atoms with Crippen LogP contribution in [0, 0.1) is 5.92 Å². The van der Waals surface area contributed by atoms with Crippen LogP contribution in [0.5, 0.6) is 0 Å². The first-order valence-corrected chi connectivity index (χ1v) is 8.18. The molecule has 1 unspecified atom stereocenters. The van der Waals surface area contributed by atoms with Crippen LogP contribution in [0.15, 0.2) is 0 Å². The lowest BCUT2D eigenvalue weighted by Gasteiger charge is -2.31. The Kier molecular flexibility index (Phi) is 7.92. The molecular weight excluding hydrogens is 220 g/mol. The average molecular weight is 254 g/mol. The molecule has 1 atom stereocenters. The van der Waals surface area contributed by atoms with Crippen molar-refractivity contribution in [3.8, 4) is 0 Å². The molecule has 2 nitrogen and oxygen atoms in total.